The molecule has 4 rings (SSSR count). The molecule has 0 aromatic rings. The van der Waals surface area contributed by atoms with Gasteiger partial charge in [0.1, 0.15) is 0 Å². The van der Waals surface area contributed by atoms with Crippen LogP contribution in [0.3, 0.4) is 0 Å². The Balaban J connectivity index is 1.59. The van der Waals surface area contributed by atoms with Gasteiger partial charge >= 0.3 is 0 Å². The summed E-state index contributed by atoms with van der Waals surface area (Å²) in [5, 5.41) is 0. The van der Waals surface area contributed by atoms with Crippen LogP contribution in [0.25, 0.3) is 0 Å². The van der Waals surface area contributed by atoms with Crippen LogP contribution in [0, 0.1) is 35.5 Å². The van der Waals surface area contributed by atoms with E-state index < -0.39 is 0 Å². The van der Waals surface area contributed by atoms with Crippen molar-refractivity contribution in [1.82, 2.24) is 0 Å². The van der Waals surface area contributed by atoms with Crippen molar-refractivity contribution in [2.75, 3.05) is 0 Å². The van der Waals surface area contributed by atoms with Crippen LogP contribution in [-0.4, -0.2) is 0 Å². The number of fused-ring (bicyclic) bond motifs is 5. The van der Waals surface area contributed by atoms with Crippen molar-refractivity contribution in [3.8, 4) is 0 Å². The highest BCUT2D eigenvalue weighted by Gasteiger charge is 2.51. The van der Waals surface area contributed by atoms with Gasteiger partial charge < -0.3 is 0 Å². The van der Waals surface area contributed by atoms with E-state index in [0.717, 1.165) is 0 Å². The molecule has 4 fully saturated rings. The summed E-state index contributed by atoms with van der Waals surface area (Å²) < 4.78 is 0. The highest BCUT2D eigenvalue weighted by atomic mass is 14.6. The third-order valence-electron chi connectivity index (χ3n) is 6.78. The molecule has 0 amide bonds. The predicted molar refractivity (Wildman–Crippen MR) is 67.1 cm³/mol. The van der Waals surface area contributed by atoms with E-state index in [1.165, 1.54) is 35.5 Å². The van der Waals surface area contributed by atoms with Crippen LogP contribution in [0.5, 0.6) is 0 Å². The molecule has 0 heteroatoms. The summed E-state index contributed by atoms with van der Waals surface area (Å²) in [6.07, 6.45) is 15.9. The molecule has 90 valence electrons. The van der Waals surface area contributed by atoms with Crippen LogP contribution in [0.15, 0.2) is 0 Å². The van der Waals surface area contributed by atoms with Crippen LogP contribution < -0.4 is 0 Å². The van der Waals surface area contributed by atoms with Crippen LogP contribution in [0.4, 0.5) is 0 Å². The van der Waals surface area contributed by atoms with E-state index in [9.17, 15) is 0 Å². The fourth-order valence-corrected chi connectivity index (χ4v) is 6.25. The van der Waals surface area contributed by atoms with E-state index in [4.69, 9.17) is 0 Å². The van der Waals surface area contributed by atoms with Gasteiger partial charge in [-0.15, -0.1) is 0 Å². The van der Waals surface area contributed by atoms with E-state index in [0.29, 0.717) is 0 Å². The van der Waals surface area contributed by atoms with E-state index >= 15 is 0 Å². The molecule has 16 heavy (non-hydrogen) atoms. The molecule has 6 atom stereocenters. The second kappa shape index (κ2) is 3.75. The van der Waals surface area contributed by atoms with Gasteiger partial charge in [0.15, 0.2) is 0 Å². The van der Waals surface area contributed by atoms with Crippen molar-refractivity contribution >= 4 is 0 Å². The average molecular weight is 218 g/mol. The largest absolute Gasteiger partial charge is 0.0530 e. The molecule has 0 saturated heterocycles. The Bertz CT molecular complexity index is 269. The molecule has 0 radical (unpaired) electrons. The fraction of sp³-hybridized carbons (Fsp3) is 1.00. The van der Waals surface area contributed by atoms with Crippen molar-refractivity contribution in [2.45, 2.75) is 64.2 Å². The molecular weight excluding hydrogens is 192 g/mol. The number of rotatable bonds is 0. The minimum Gasteiger partial charge on any atom is -0.0530 e. The first-order valence-electron chi connectivity index (χ1n) is 7.93. The Morgan fingerprint density at radius 2 is 1.19 bits per heavy atom. The van der Waals surface area contributed by atoms with Gasteiger partial charge in [-0.3, -0.25) is 0 Å². The Morgan fingerprint density at radius 3 is 2.19 bits per heavy atom. The van der Waals surface area contributed by atoms with Gasteiger partial charge in [-0.2, -0.15) is 0 Å². The van der Waals surface area contributed by atoms with Crippen molar-refractivity contribution in [1.29, 1.82) is 0 Å². The summed E-state index contributed by atoms with van der Waals surface area (Å²) in [5.74, 6) is 7.08. The zero-order valence-corrected chi connectivity index (χ0v) is 10.5. The van der Waals surface area contributed by atoms with Crippen molar-refractivity contribution in [3.63, 3.8) is 0 Å². The summed E-state index contributed by atoms with van der Waals surface area (Å²) in [5.41, 5.74) is 0. The molecule has 0 bridgehead atoms. The molecule has 4 aliphatic rings. The van der Waals surface area contributed by atoms with Crippen LogP contribution in [0.2, 0.25) is 0 Å². The summed E-state index contributed by atoms with van der Waals surface area (Å²) in [4.78, 5) is 0. The Kier molecular flexibility index (Phi) is 2.34. The molecule has 4 saturated carbocycles. The summed E-state index contributed by atoms with van der Waals surface area (Å²) in [6.45, 7) is 0. The lowest BCUT2D eigenvalue weighted by Crippen LogP contribution is -2.31. The van der Waals surface area contributed by atoms with Gasteiger partial charge in [0.2, 0.25) is 0 Å². The maximum atomic E-state index is 1.65. The Labute approximate surface area is 100 Å². The van der Waals surface area contributed by atoms with Crippen LogP contribution in [0.1, 0.15) is 64.2 Å². The van der Waals surface area contributed by atoms with E-state index in [-0.39, 0.29) is 0 Å². The normalized spacial score (nSPS) is 55.5. The predicted octanol–water partition coefficient (Wildman–Crippen LogP) is 4.64. The Hall–Kier alpha value is 0. The third kappa shape index (κ3) is 1.34. The van der Waals surface area contributed by atoms with Crippen molar-refractivity contribution in [2.24, 2.45) is 35.5 Å². The first kappa shape index (κ1) is 9.97. The molecule has 0 aliphatic heterocycles. The smallest absolute Gasteiger partial charge is 0.0349 e. The molecule has 0 spiro atoms. The fourth-order valence-electron chi connectivity index (χ4n) is 6.25. The number of hydrogen-bond acceptors (Lipinski definition) is 0. The number of hydrogen-bond donors (Lipinski definition) is 0. The molecule has 0 N–H and O–H groups in total. The second-order valence-corrected chi connectivity index (χ2v) is 7.20. The molecule has 0 aromatic carbocycles. The van der Waals surface area contributed by atoms with E-state index in [1.54, 1.807) is 64.2 Å². The van der Waals surface area contributed by atoms with Gasteiger partial charge in [-0.1, -0.05) is 32.1 Å². The molecule has 0 aromatic heterocycles. The highest BCUT2D eigenvalue weighted by Crippen LogP contribution is 2.60. The van der Waals surface area contributed by atoms with Gasteiger partial charge in [0.05, 0.1) is 0 Å². The topological polar surface area (TPSA) is 0 Å². The van der Waals surface area contributed by atoms with Gasteiger partial charge in [-0.25, -0.2) is 0 Å². The van der Waals surface area contributed by atoms with Crippen LogP contribution >= 0.6 is 0 Å². The molecule has 4 aliphatic carbocycles. The monoisotopic (exact) mass is 218 g/mol. The molecule has 0 heterocycles. The lowest BCUT2D eigenvalue weighted by molar-refractivity contribution is 0.106. The van der Waals surface area contributed by atoms with Crippen molar-refractivity contribution < 1.29 is 0 Å². The minimum atomic E-state index is 1.17. The molecule has 0 nitrogen and oxygen atoms in total. The van der Waals surface area contributed by atoms with Gasteiger partial charge in [0.25, 0.3) is 0 Å². The lowest BCUT2D eigenvalue weighted by Gasteiger charge is -2.39. The second-order valence-electron chi connectivity index (χ2n) is 7.20. The maximum absolute atomic E-state index is 1.65. The average Bonchev–Trinajstić information content (AvgIpc) is 2.92. The quantitative estimate of drug-likeness (QED) is 0.555. The Morgan fingerprint density at radius 1 is 0.438 bits per heavy atom. The third-order valence-corrected chi connectivity index (χ3v) is 6.78. The van der Waals surface area contributed by atoms with Gasteiger partial charge in [0, 0.05) is 0 Å². The summed E-state index contributed by atoms with van der Waals surface area (Å²) in [6, 6.07) is 0. The lowest BCUT2D eigenvalue weighted by atomic mass is 9.66. The SMILES string of the molecule is C1CCC2C(C1)CC1C3CCCC3CCC21. The minimum absolute atomic E-state index is 1.17. The summed E-state index contributed by atoms with van der Waals surface area (Å²) in [7, 11) is 0. The summed E-state index contributed by atoms with van der Waals surface area (Å²) >= 11 is 0. The van der Waals surface area contributed by atoms with Crippen molar-refractivity contribution in [3.05, 3.63) is 0 Å². The zero-order valence-electron chi connectivity index (χ0n) is 10.5. The van der Waals surface area contributed by atoms with E-state index in [1.807, 2.05) is 0 Å². The van der Waals surface area contributed by atoms with E-state index in [2.05, 4.69) is 0 Å². The standard InChI is InChI=1S/C16H26/c1-2-6-14-12(4-1)10-16-13-7-3-5-11(13)8-9-15(14)16/h11-16H,1-10H2. The first-order valence-corrected chi connectivity index (χ1v) is 7.93. The highest BCUT2D eigenvalue weighted by molar-refractivity contribution is 5.00. The molecular formula is C16H26. The molecule has 6 unspecified atom stereocenters. The van der Waals surface area contributed by atoms with Crippen LogP contribution in [-0.2, 0) is 0 Å². The van der Waals surface area contributed by atoms with Gasteiger partial charge in [-0.05, 0) is 67.6 Å². The first-order chi connectivity index (χ1) is 7.93. The maximum Gasteiger partial charge on any atom is -0.0349 e. The zero-order chi connectivity index (χ0) is 10.5.